The van der Waals surface area contributed by atoms with Crippen molar-refractivity contribution in [3.8, 4) is 0 Å². The molecule has 0 N–H and O–H groups in total. The number of hydrogen-bond acceptors (Lipinski definition) is 4. The second-order valence-corrected chi connectivity index (χ2v) is 8.11. The molecule has 1 atom stereocenters. The van der Waals surface area contributed by atoms with E-state index >= 15 is 0 Å². The topological polar surface area (TPSA) is 57.7 Å². The molecule has 0 spiro atoms. The fourth-order valence-electron chi connectivity index (χ4n) is 3.12. The van der Waals surface area contributed by atoms with Gasteiger partial charge in [0, 0.05) is 41.9 Å². The van der Waals surface area contributed by atoms with Crippen LogP contribution in [0.1, 0.15) is 23.2 Å². The quantitative estimate of drug-likeness (QED) is 0.773. The van der Waals surface area contributed by atoms with Crippen LogP contribution < -0.4 is 0 Å². The molecule has 0 saturated carbocycles. The monoisotopic (exact) mass is 328 g/mol. The zero-order valence-electron chi connectivity index (χ0n) is 11.5. The Morgan fingerprint density at radius 3 is 2.52 bits per heavy atom. The van der Waals surface area contributed by atoms with Crippen molar-refractivity contribution in [2.45, 2.75) is 23.8 Å². The Labute approximate surface area is 128 Å². The number of piperazine rings is 1. The molecule has 1 amide bonds. The van der Waals surface area contributed by atoms with Crippen LogP contribution >= 0.6 is 10.7 Å². The summed E-state index contributed by atoms with van der Waals surface area (Å²) in [5.74, 6) is -0.0416. The van der Waals surface area contributed by atoms with Gasteiger partial charge in [-0.05, 0) is 43.7 Å². The van der Waals surface area contributed by atoms with Gasteiger partial charge in [-0.15, -0.1) is 0 Å². The van der Waals surface area contributed by atoms with Crippen LogP contribution in [0.2, 0.25) is 0 Å². The maximum absolute atomic E-state index is 12.5. The molecule has 0 bridgehead atoms. The van der Waals surface area contributed by atoms with E-state index in [4.69, 9.17) is 10.7 Å². The molecule has 2 fully saturated rings. The lowest BCUT2D eigenvalue weighted by Crippen LogP contribution is -2.52. The first-order valence-electron chi connectivity index (χ1n) is 7.03. The highest BCUT2D eigenvalue weighted by Crippen LogP contribution is 2.23. The van der Waals surface area contributed by atoms with Gasteiger partial charge in [-0.25, -0.2) is 8.42 Å². The third-order valence-electron chi connectivity index (χ3n) is 4.26. The Morgan fingerprint density at radius 1 is 1.14 bits per heavy atom. The predicted octanol–water partition coefficient (Wildman–Crippen LogP) is 1.53. The van der Waals surface area contributed by atoms with Gasteiger partial charge in [0.15, 0.2) is 0 Å². The van der Waals surface area contributed by atoms with Gasteiger partial charge >= 0.3 is 0 Å². The third-order valence-corrected chi connectivity index (χ3v) is 5.63. The third kappa shape index (κ3) is 3.07. The van der Waals surface area contributed by atoms with E-state index in [1.807, 2.05) is 4.90 Å². The molecule has 0 unspecified atom stereocenters. The van der Waals surface area contributed by atoms with Gasteiger partial charge in [0.25, 0.3) is 15.0 Å². The number of carbonyl (C=O) groups is 1. The van der Waals surface area contributed by atoms with Crippen LogP contribution in [0.4, 0.5) is 0 Å². The largest absolute Gasteiger partial charge is 0.336 e. The van der Waals surface area contributed by atoms with Crippen LogP contribution in [0, 0.1) is 0 Å². The number of carbonyl (C=O) groups excluding carboxylic acids is 1. The van der Waals surface area contributed by atoms with Crippen LogP contribution in [0.3, 0.4) is 0 Å². The molecular weight excluding hydrogens is 312 g/mol. The highest BCUT2D eigenvalue weighted by molar-refractivity contribution is 8.13. The van der Waals surface area contributed by atoms with Crippen molar-refractivity contribution in [3.05, 3.63) is 29.8 Å². The standard InChI is InChI=1S/C14H17ClN2O3S/c15-21(19,20)13-5-3-11(4-6-13)14(18)17-9-8-16-7-1-2-12(16)10-17/h3-6,12H,1-2,7-10H2/t12-/m1/s1. The molecule has 2 heterocycles. The number of amides is 1. The van der Waals surface area contributed by atoms with Gasteiger partial charge in [-0.2, -0.15) is 0 Å². The molecule has 0 radical (unpaired) electrons. The average Bonchev–Trinajstić information content (AvgIpc) is 2.93. The summed E-state index contributed by atoms with van der Waals surface area (Å²) < 4.78 is 22.4. The SMILES string of the molecule is O=C(c1ccc(S(=O)(=O)Cl)cc1)N1CCN2CCC[C@@H]2C1. The second-order valence-electron chi connectivity index (χ2n) is 5.55. The van der Waals surface area contributed by atoms with E-state index in [-0.39, 0.29) is 10.8 Å². The Bertz CT molecular complexity index is 645. The minimum Gasteiger partial charge on any atom is -0.336 e. The predicted molar refractivity (Wildman–Crippen MR) is 80.0 cm³/mol. The molecule has 3 rings (SSSR count). The summed E-state index contributed by atoms with van der Waals surface area (Å²) in [7, 11) is 1.53. The summed E-state index contributed by atoms with van der Waals surface area (Å²) in [6.07, 6.45) is 2.35. The summed E-state index contributed by atoms with van der Waals surface area (Å²) >= 11 is 0. The highest BCUT2D eigenvalue weighted by atomic mass is 35.7. The lowest BCUT2D eigenvalue weighted by molar-refractivity contribution is 0.0571. The van der Waals surface area contributed by atoms with Crippen molar-refractivity contribution < 1.29 is 13.2 Å². The zero-order valence-corrected chi connectivity index (χ0v) is 13.1. The van der Waals surface area contributed by atoms with E-state index < -0.39 is 9.05 Å². The molecule has 2 aliphatic rings. The number of halogens is 1. The molecule has 2 aliphatic heterocycles. The first-order valence-corrected chi connectivity index (χ1v) is 9.34. The molecule has 21 heavy (non-hydrogen) atoms. The first-order chi connectivity index (χ1) is 9.95. The molecule has 114 valence electrons. The summed E-state index contributed by atoms with van der Waals surface area (Å²) in [6.45, 7) is 3.54. The number of rotatable bonds is 2. The number of hydrogen-bond donors (Lipinski definition) is 0. The van der Waals surface area contributed by atoms with Gasteiger partial charge in [-0.1, -0.05) is 0 Å². The van der Waals surface area contributed by atoms with Crippen molar-refractivity contribution in [2.24, 2.45) is 0 Å². The Balaban J connectivity index is 1.73. The van der Waals surface area contributed by atoms with E-state index in [2.05, 4.69) is 4.90 Å². The maximum atomic E-state index is 12.5. The Morgan fingerprint density at radius 2 is 1.86 bits per heavy atom. The fraction of sp³-hybridized carbons (Fsp3) is 0.500. The number of benzene rings is 1. The Hall–Kier alpha value is -1.11. The van der Waals surface area contributed by atoms with E-state index in [9.17, 15) is 13.2 Å². The first kappa shape index (κ1) is 14.8. The highest BCUT2D eigenvalue weighted by Gasteiger charge is 2.32. The summed E-state index contributed by atoms with van der Waals surface area (Å²) in [4.78, 5) is 16.8. The summed E-state index contributed by atoms with van der Waals surface area (Å²) in [5, 5.41) is 0. The Kier molecular flexibility index (Phi) is 3.94. The van der Waals surface area contributed by atoms with Crippen LogP contribution in [0.5, 0.6) is 0 Å². The van der Waals surface area contributed by atoms with Gasteiger partial charge in [0.05, 0.1) is 4.90 Å². The van der Waals surface area contributed by atoms with Crippen LogP contribution in [0.15, 0.2) is 29.2 Å². The summed E-state index contributed by atoms with van der Waals surface area (Å²) in [5.41, 5.74) is 0.505. The summed E-state index contributed by atoms with van der Waals surface area (Å²) in [6, 6.07) is 6.28. The number of fused-ring (bicyclic) bond motifs is 1. The minimum atomic E-state index is -3.74. The van der Waals surface area contributed by atoms with Gasteiger partial charge in [0.2, 0.25) is 0 Å². The molecule has 1 aromatic carbocycles. The minimum absolute atomic E-state index is 0.0151. The molecular formula is C14H17ClN2O3S. The molecule has 5 nitrogen and oxygen atoms in total. The van der Waals surface area contributed by atoms with E-state index in [0.717, 1.165) is 32.6 Å². The lowest BCUT2D eigenvalue weighted by Gasteiger charge is -2.37. The zero-order chi connectivity index (χ0) is 15.0. The molecule has 0 aliphatic carbocycles. The van der Waals surface area contributed by atoms with Crippen LogP contribution in [0.25, 0.3) is 0 Å². The molecule has 2 saturated heterocycles. The lowest BCUT2D eigenvalue weighted by atomic mass is 10.1. The van der Waals surface area contributed by atoms with Gasteiger partial charge < -0.3 is 4.90 Å². The van der Waals surface area contributed by atoms with E-state index in [0.29, 0.717) is 11.6 Å². The van der Waals surface area contributed by atoms with Crippen molar-refractivity contribution in [1.29, 1.82) is 0 Å². The van der Waals surface area contributed by atoms with Gasteiger partial charge in [-0.3, -0.25) is 9.69 Å². The van der Waals surface area contributed by atoms with Gasteiger partial charge in [0.1, 0.15) is 0 Å². The second kappa shape index (κ2) is 5.59. The van der Waals surface area contributed by atoms with Crippen molar-refractivity contribution in [3.63, 3.8) is 0 Å². The molecule has 1 aromatic rings. The smallest absolute Gasteiger partial charge is 0.261 e. The fourth-order valence-corrected chi connectivity index (χ4v) is 3.89. The van der Waals surface area contributed by atoms with Crippen molar-refractivity contribution in [2.75, 3.05) is 26.2 Å². The van der Waals surface area contributed by atoms with Crippen molar-refractivity contribution >= 4 is 25.6 Å². The van der Waals surface area contributed by atoms with Crippen LogP contribution in [-0.4, -0.2) is 56.3 Å². The molecule has 0 aromatic heterocycles. The normalized spacial score (nSPS) is 23.1. The maximum Gasteiger partial charge on any atom is 0.261 e. The van der Waals surface area contributed by atoms with E-state index in [1.165, 1.54) is 30.7 Å². The van der Waals surface area contributed by atoms with Crippen molar-refractivity contribution in [1.82, 2.24) is 9.80 Å². The van der Waals surface area contributed by atoms with E-state index in [1.54, 1.807) is 0 Å². The molecule has 7 heteroatoms. The van der Waals surface area contributed by atoms with Crippen LogP contribution in [-0.2, 0) is 9.05 Å². The number of nitrogens with zero attached hydrogens (tertiary/aromatic N) is 2. The average molecular weight is 329 g/mol.